The van der Waals surface area contributed by atoms with E-state index in [1.54, 1.807) is 23.9 Å². The molecule has 0 aliphatic carbocycles. The van der Waals surface area contributed by atoms with Gasteiger partial charge in [0.05, 0.1) is 11.9 Å². The topological polar surface area (TPSA) is 59.2 Å². The number of hydrogen-bond acceptors (Lipinski definition) is 5. The van der Waals surface area contributed by atoms with Crippen molar-refractivity contribution in [3.63, 3.8) is 0 Å². The van der Waals surface area contributed by atoms with Gasteiger partial charge < -0.3 is 9.63 Å². The number of hydrogen-bond donors (Lipinski definition) is 1. The van der Waals surface area contributed by atoms with Gasteiger partial charge in [0.25, 0.3) is 0 Å². The molecule has 4 nitrogen and oxygen atoms in total. The number of thioether (sulfide) groups is 1. The quantitative estimate of drug-likeness (QED) is 0.718. The van der Waals surface area contributed by atoms with Crippen LogP contribution in [0.2, 0.25) is 5.02 Å². The van der Waals surface area contributed by atoms with E-state index in [1.807, 2.05) is 42.5 Å². The molecule has 3 rings (SSSR count). The van der Waals surface area contributed by atoms with E-state index in [1.165, 1.54) is 0 Å². The molecule has 0 saturated heterocycles. The van der Waals surface area contributed by atoms with Gasteiger partial charge in [0, 0.05) is 16.3 Å². The highest BCUT2D eigenvalue weighted by Gasteiger charge is 2.11. The van der Waals surface area contributed by atoms with E-state index in [2.05, 4.69) is 10.1 Å². The fourth-order valence-corrected chi connectivity index (χ4v) is 3.10. The molecular formula is C17H15ClN2O2S. The lowest BCUT2D eigenvalue weighted by molar-refractivity contribution is 0.204. The summed E-state index contributed by atoms with van der Waals surface area (Å²) >= 11 is 7.51. The van der Waals surface area contributed by atoms with Crippen LogP contribution in [0.3, 0.4) is 0 Å². The maximum absolute atomic E-state index is 10.1. The fourth-order valence-electron chi connectivity index (χ4n) is 2.09. The van der Waals surface area contributed by atoms with Crippen LogP contribution in [0.15, 0.2) is 59.1 Å². The lowest BCUT2D eigenvalue weighted by Crippen LogP contribution is -2.00. The number of rotatable bonds is 6. The maximum Gasteiger partial charge on any atom is 0.236 e. The molecule has 0 saturated carbocycles. The first-order valence-corrected chi connectivity index (χ1v) is 8.65. The summed E-state index contributed by atoms with van der Waals surface area (Å²) in [6.07, 6.45) is -0.503. The smallest absolute Gasteiger partial charge is 0.236 e. The van der Waals surface area contributed by atoms with Gasteiger partial charge in [-0.1, -0.05) is 59.2 Å². The first kappa shape index (κ1) is 16.1. The highest BCUT2D eigenvalue weighted by Crippen LogP contribution is 2.23. The van der Waals surface area contributed by atoms with E-state index in [4.69, 9.17) is 16.1 Å². The Hall–Kier alpha value is -1.82. The molecule has 1 heterocycles. The van der Waals surface area contributed by atoms with Crippen LogP contribution >= 0.6 is 23.4 Å². The van der Waals surface area contributed by atoms with Crippen LogP contribution in [0.5, 0.6) is 0 Å². The number of nitrogens with zero attached hydrogens (tertiary/aromatic N) is 2. The van der Waals surface area contributed by atoms with Gasteiger partial charge in [0.1, 0.15) is 0 Å². The van der Waals surface area contributed by atoms with Crippen molar-refractivity contribution in [1.82, 2.24) is 10.1 Å². The second-order valence-corrected chi connectivity index (χ2v) is 6.43. The number of aliphatic hydroxyl groups is 1. The summed E-state index contributed by atoms with van der Waals surface area (Å²) in [5.74, 6) is 2.17. The van der Waals surface area contributed by atoms with Gasteiger partial charge in [-0.3, -0.25) is 0 Å². The molecule has 0 radical (unpaired) electrons. The van der Waals surface area contributed by atoms with E-state index in [0.29, 0.717) is 28.2 Å². The third kappa shape index (κ3) is 4.34. The van der Waals surface area contributed by atoms with Crippen molar-refractivity contribution in [2.45, 2.75) is 11.9 Å². The molecule has 1 unspecified atom stereocenters. The van der Waals surface area contributed by atoms with Gasteiger partial charge in [-0.2, -0.15) is 4.98 Å². The highest BCUT2D eigenvalue weighted by molar-refractivity contribution is 7.98. The van der Waals surface area contributed by atoms with E-state index >= 15 is 0 Å². The van der Waals surface area contributed by atoms with E-state index in [-0.39, 0.29) is 0 Å². The SMILES string of the molecule is OC(CSCc1nc(-c2cccc(Cl)c2)no1)c1ccccc1. The van der Waals surface area contributed by atoms with Gasteiger partial charge in [-0.25, -0.2) is 0 Å². The number of aliphatic hydroxyl groups excluding tert-OH is 1. The Kier molecular flexibility index (Phi) is 5.33. The second kappa shape index (κ2) is 7.64. The Balaban J connectivity index is 1.55. The van der Waals surface area contributed by atoms with Crippen molar-refractivity contribution in [2.24, 2.45) is 0 Å². The van der Waals surface area contributed by atoms with E-state index < -0.39 is 6.10 Å². The number of halogens is 1. The Morgan fingerprint density at radius 1 is 1.13 bits per heavy atom. The zero-order chi connectivity index (χ0) is 16.1. The Morgan fingerprint density at radius 2 is 1.96 bits per heavy atom. The maximum atomic E-state index is 10.1. The number of aromatic nitrogens is 2. The molecule has 1 N–H and O–H groups in total. The molecule has 0 bridgehead atoms. The first-order chi connectivity index (χ1) is 11.2. The van der Waals surface area contributed by atoms with Crippen LogP contribution in [0.1, 0.15) is 17.6 Å². The molecule has 2 aromatic carbocycles. The normalized spacial score (nSPS) is 12.3. The van der Waals surface area contributed by atoms with Gasteiger partial charge in [-0.15, -0.1) is 11.8 Å². The van der Waals surface area contributed by atoms with Crippen molar-refractivity contribution in [3.05, 3.63) is 71.1 Å². The highest BCUT2D eigenvalue weighted by atomic mass is 35.5. The van der Waals surface area contributed by atoms with Crippen LogP contribution in [0, 0.1) is 0 Å². The van der Waals surface area contributed by atoms with Crippen molar-refractivity contribution in [3.8, 4) is 11.4 Å². The number of benzene rings is 2. The molecule has 1 atom stereocenters. The zero-order valence-electron chi connectivity index (χ0n) is 12.2. The van der Waals surface area contributed by atoms with Crippen molar-refractivity contribution >= 4 is 23.4 Å². The molecule has 0 spiro atoms. The Bertz CT molecular complexity index is 764. The van der Waals surface area contributed by atoms with Crippen molar-refractivity contribution < 1.29 is 9.63 Å². The minimum absolute atomic E-state index is 0.503. The summed E-state index contributed by atoms with van der Waals surface area (Å²) in [7, 11) is 0. The minimum Gasteiger partial charge on any atom is -0.388 e. The average molecular weight is 347 g/mol. The zero-order valence-corrected chi connectivity index (χ0v) is 13.8. The molecule has 23 heavy (non-hydrogen) atoms. The molecule has 118 valence electrons. The minimum atomic E-state index is -0.503. The molecule has 0 fully saturated rings. The molecule has 3 aromatic rings. The monoisotopic (exact) mass is 346 g/mol. The largest absolute Gasteiger partial charge is 0.388 e. The van der Waals surface area contributed by atoms with Crippen LogP contribution in [0.25, 0.3) is 11.4 Å². The van der Waals surface area contributed by atoms with Crippen LogP contribution < -0.4 is 0 Å². The fraction of sp³-hybridized carbons (Fsp3) is 0.176. The molecule has 6 heteroatoms. The summed E-state index contributed by atoms with van der Waals surface area (Å²) in [6.45, 7) is 0. The molecular weight excluding hydrogens is 332 g/mol. The Morgan fingerprint density at radius 3 is 2.74 bits per heavy atom. The van der Waals surface area contributed by atoms with Gasteiger partial charge in [-0.05, 0) is 17.7 Å². The molecule has 0 amide bonds. The summed E-state index contributed by atoms with van der Waals surface area (Å²) < 4.78 is 5.24. The molecule has 0 aliphatic heterocycles. The van der Waals surface area contributed by atoms with Crippen LogP contribution in [-0.2, 0) is 5.75 Å². The average Bonchev–Trinajstić information content (AvgIpc) is 3.04. The standard InChI is InChI=1S/C17H15ClN2O2S/c18-14-8-4-7-13(9-14)17-19-16(22-20-17)11-23-10-15(21)12-5-2-1-3-6-12/h1-9,15,21H,10-11H2. The van der Waals surface area contributed by atoms with E-state index in [9.17, 15) is 5.11 Å². The predicted molar refractivity (Wildman–Crippen MR) is 92.3 cm³/mol. The van der Waals surface area contributed by atoms with Crippen LogP contribution in [0.4, 0.5) is 0 Å². The summed E-state index contributed by atoms with van der Waals surface area (Å²) in [5.41, 5.74) is 1.73. The van der Waals surface area contributed by atoms with Gasteiger partial charge >= 0.3 is 0 Å². The lowest BCUT2D eigenvalue weighted by atomic mass is 10.1. The summed E-state index contributed by atoms with van der Waals surface area (Å²) in [6, 6.07) is 16.9. The third-order valence-electron chi connectivity index (χ3n) is 3.24. The van der Waals surface area contributed by atoms with Gasteiger partial charge in [0.2, 0.25) is 11.7 Å². The van der Waals surface area contributed by atoms with Gasteiger partial charge in [0.15, 0.2) is 0 Å². The summed E-state index contributed by atoms with van der Waals surface area (Å²) in [4.78, 5) is 4.35. The van der Waals surface area contributed by atoms with Crippen molar-refractivity contribution in [1.29, 1.82) is 0 Å². The molecule has 1 aromatic heterocycles. The third-order valence-corrected chi connectivity index (χ3v) is 4.47. The second-order valence-electron chi connectivity index (χ2n) is 4.96. The Labute approximate surface area is 143 Å². The molecule has 0 aliphatic rings. The van der Waals surface area contributed by atoms with Crippen LogP contribution in [-0.4, -0.2) is 21.0 Å². The summed E-state index contributed by atoms with van der Waals surface area (Å²) in [5, 5.41) is 14.7. The first-order valence-electron chi connectivity index (χ1n) is 7.11. The van der Waals surface area contributed by atoms with E-state index in [0.717, 1.165) is 11.1 Å². The van der Waals surface area contributed by atoms with Crippen molar-refractivity contribution in [2.75, 3.05) is 5.75 Å². The predicted octanol–water partition coefficient (Wildman–Crippen LogP) is 4.36. The lowest BCUT2D eigenvalue weighted by Gasteiger charge is -2.09.